The molecule has 2 rings (SSSR count). The van der Waals surface area contributed by atoms with Crippen LogP contribution in [0, 0.1) is 6.92 Å². The largest absolute Gasteiger partial charge is 0.313 e. The first kappa shape index (κ1) is 16.5. The van der Waals surface area contributed by atoms with Gasteiger partial charge in [0, 0.05) is 41.5 Å². The smallest absolute Gasteiger partial charge is 0.0847 e. The Bertz CT molecular complexity index is 430. The lowest BCUT2D eigenvalue weighted by molar-refractivity contribution is 0.496. The van der Waals surface area contributed by atoms with E-state index in [4.69, 9.17) is 11.6 Å². The summed E-state index contributed by atoms with van der Waals surface area (Å²) in [4.78, 5) is 0. The van der Waals surface area contributed by atoms with Gasteiger partial charge in [-0.05, 0) is 20.4 Å². The molecule has 20 heavy (non-hydrogen) atoms. The SMILES string of the molecule is CCNC(Cc1c(Cl)c(C)nn1CC)C1CSCCS1. The van der Waals surface area contributed by atoms with E-state index >= 15 is 0 Å². The first-order chi connectivity index (χ1) is 9.67. The summed E-state index contributed by atoms with van der Waals surface area (Å²) in [5.41, 5.74) is 2.14. The number of halogens is 1. The number of thioether (sulfide) groups is 2. The monoisotopic (exact) mass is 333 g/mol. The number of hydrogen-bond donors (Lipinski definition) is 1. The molecule has 0 spiro atoms. The minimum absolute atomic E-state index is 0.483. The van der Waals surface area contributed by atoms with Crippen LogP contribution in [0.25, 0.3) is 0 Å². The molecule has 1 saturated heterocycles. The van der Waals surface area contributed by atoms with Crippen molar-refractivity contribution in [3.8, 4) is 0 Å². The van der Waals surface area contributed by atoms with Gasteiger partial charge < -0.3 is 5.32 Å². The number of likely N-dealkylation sites (N-methyl/N-ethyl adjacent to an activating group) is 1. The van der Waals surface area contributed by atoms with Crippen LogP contribution in [0.2, 0.25) is 5.02 Å². The summed E-state index contributed by atoms with van der Waals surface area (Å²) in [6.45, 7) is 8.18. The molecule has 0 radical (unpaired) electrons. The number of aromatic nitrogens is 2. The van der Waals surface area contributed by atoms with Crippen LogP contribution in [0.15, 0.2) is 0 Å². The molecule has 0 saturated carbocycles. The fourth-order valence-electron chi connectivity index (χ4n) is 2.61. The van der Waals surface area contributed by atoms with Crippen LogP contribution in [-0.4, -0.2) is 44.9 Å². The van der Waals surface area contributed by atoms with Gasteiger partial charge in [-0.25, -0.2) is 0 Å². The Morgan fingerprint density at radius 1 is 1.45 bits per heavy atom. The third-order valence-corrected chi connectivity index (χ3v) is 7.03. The Hall–Kier alpha value is 0.160. The molecule has 2 heterocycles. The van der Waals surface area contributed by atoms with E-state index in [0.29, 0.717) is 11.3 Å². The minimum atomic E-state index is 0.483. The fourth-order valence-corrected chi connectivity index (χ4v) is 5.71. The van der Waals surface area contributed by atoms with Gasteiger partial charge in [-0.1, -0.05) is 18.5 Å². The lowest BCUT2D eigenvalue weighted by Crippen LogP contribution is -2.43. The molecule has 0 bridgehead atoms. The summed E-state index contributed by atoms with van der Waals surface area (Å²) in [6.07, 6.45) is 0.972. The van der Waals surface area contributed by atoms with Crippen LogP contribution in [-0.2, 0) is 13.0 Å². The predicted molar refractivity (Wildman–Crippen MR) is 92.4 cm³/mol. The Morgan fingerprint density at radius 3 is 2.85 bits per heavy atom. The van der Waals surface area contributed by atoms with Gasteiger partial charge in [0.25, 0.3) is 0 Å². The molecule has 2 atom stereocenters. The van der Waals surface area contributed by atoms with Crippen LogP contribution in [0.5, 0.6) is 0 Å². The summed E-state index contributed by atoms with van der Waals surface area (Å²) in [6, 6.07) is 0.483. The standard InChI is InChI=1S/C14H24ClN3S2/c1-4-16-11(13-9-19-6-7-20-13)8-12-14(15)10(3)17-18(12)5-2/h11,13,16H,4-9H2,1-3H3. The topological polar surface area (TPSA) is 29.9 Å². The molecule has 1 fully saturated rings. The predicted octanol–water partition coefficient (Wildman–Crippen LogP) is 3.23. The lowest BCUT2D eigenvalue weighted by Gasteiger charge is -2.30. The number of aryl methyl sites for hydroxylation is 2. The number of hydrogen-bond acceptors (Lipinski definition) is 4. The van der Waals surface area contributed by atoms with Crippen LogP contribution < -0.4 is 5.32 Å². The molecule has 1 aromatic rings. The molecular weight excluding hydrogens is 310 g/mol. The Balaban J connectivity index is 2.14. The van der Waals surface area contributed by atoms with Crippen LogP contribution in [0.4, 0.5) is 0 Å². The molecule has 3 nitrogen and oxygen atoms in total. The van der Waals surface area contributed by atoms with E-state index in [1.165, 1.54) is 23.0 Å². The normalized spacial score (nSPS) is 21.1. The Labute approximate surface area is 135 Å². The third kappa shape index (κ3) is 3.87. The third-order valence-electron chi connectivity index (χ3n) is 3.62. The van der Waals surface area contributed by atoms with Gasteiger partial charge in [0.1, 0.15) is 0 Å². The first-order valence-electron chi connectivity index (χ1n) is 7.31. The molecule has 1 aromatic heterocycles. The molecule has 2 unspecified atom stereocenters. The first-order valence-corrected chi connectivity index (χ1v) is 9.90. The molecule has 0 amide bonds. The molecular formula is C14H24ClN3S2. The van der Waals surface area contributed by atoms with E-state index in [0.717, 1.165) is 30.2 Å². The van der Waals surface area contributed by atoms with E-state index in [-0.39, 0.29) is 0 Å². The van der Waals surface area contributed by atoms with E-state index in [9.17, 15) is 0 Å². The highest BCUT2D eigenvalue weighted by Crippen LogP contribution is 2.29. The van der Waals surface area contributed by atoms with Gasteiger partial charge in [0.2, 0.25) is 0 Å². The van der Waals surface area contributed by atoms with Crippen molar-refractivity contribution in [1.82, 2.24) is 15.1 Å². The summed E-state index contributed by atoms with van der Waals surface area (Å²) in [5.74, 6) is 3.78. The van der Waals surface area contributed by atoms with Crippen molar-refractivity contribution < 1.29 is 0 Å². The van der Waals surface area contributed by atoms with E-state index < -0.39 is 0 Å². The van der Waals surface area contributed by atoms with Crippen molar-refractivity contribution in [2.75, 3.05) is 23.8 Å². The molecule has 0 aromatic carbocycles. The molecule has 1 aliphatic heterocycles. The van der Waals surface area contributed by atoms with Gasteiger partial charge in [0.15, 0.2) is 0 Å². The Kier molecular flexibility index (Phi) is 6.59. The summed E-state index contributed by atoms with van der Waals surface area (Å²) < 4.78 is 2.06. The van der Waals surface area contributed by atoms with E-state index in [2.05, 4.69) is 52.5 Å². The molecule has 1 aliphatic rings. The van der Waals surface area contributed by atoms with Crippen molar-refractivity contribution in [3.63, 3.8) is 0 Å². The second-order valence-corrected chi connectivity index (χ2v) is 7.89. The fraction of sp³-hybridized carbons (Fsp3) is 0.786. The van der Waals surface area contributed by atoms with Gasteiger partial charge in [-0.15, -0.1) is 0 Å². The van der Waals surface area contributed by atoms with Gasteiger partial charge in [0.05, 0.1) is 16.4 Å². The maximum atomic E-state index is 6.45. The van der Waals surface area contributed by atoms with Gasteiger partial charge in [-0.2, -0.15) is 28.6 Å². The number of nitrogens with zero attached hydrogens (tertiary/aromatic N) is 2. The zero-order valence-corrected chi connectivity index (χ0v) is 14.9. The summed E-state index contributed by atoms with van der Waals surface area (Å²) in [5, 5.41) is 9.71. The zero-order chi connectivity index (χ0) is 14.5. The second kappa shape index (κ2) is 7.97. The second-order valence-electron chi connectivity index (χ2n) is 5.01. The van der Waals surface area contributed by atoms with Crippen molar-refractivity contribution in [2.24, 2.45) is 0 Å². The number of nitrogens with one attached hydrogen (secondary N) is 1. The molecule has 114 valence electrons. The van der Waals surface area contributed by atoms with Crippen molar-refractivity contribution in [2.45, 2.75) is 45.0 Å². The number of rotatable bonds is 6. The highest BCUT2D eigenvalue weighted by Gasteiger charge is 2.26. The van der Waals surface area contributed by atoms with Crippen molar-refractivity contribution in [1.29, 1.82) is 0 Å². The molecule has 0 aliphatic carbocycles. The average molecular weight is 334 g/mol. The summed E-state index contributed by atoms with van der Waals surface area (Å²) >= 11 is 10.6. The molecule has 6 heteroatoms. The Morgan fingerprint density at radius 2 is 2.25 bits per heavy atom. The quantitative estimate of drug-likeness (QED) is 0.865. The van der Waals surface area contributed by atoms with Crippen LogP contribution >= 0.6 is 35.1 Å². The lowest BCUT2D eigenvalue weighted by atomic mass is 10.1. The summed E-state index contributed by atoms with van der Waals surface area (Å²) in [7, 11) is 0. The molecule has 1 N–H and O–H groups in total. The maximum Gasteiger partial charge on any atom is 0.0847 e. The van der Waals surface area contributed by atoms with Gasteiger partial charge >= 0.3 is 0 Å². The maximum absolute atomic E-state index is 6.45. The van der Waals surface area contributed by atoms with Crippen LogP contribution in [0.3, 0.4) is 0 Å². The van der Waals surface area contributed by atoms with Crippen LogP contribution in [0.1, 0.15) is 25.2 Å². The van der Waals surface area contributed by atoms with E-state index in [1.807, 2.05) is 6.92 Å². The zero-order valence-electron chi connectivity index (χ0n) is 12.5. The van der Waals surface area contributed by atoms with Crippen molar-refractivity contribution in [3.05, 3.63) is 16.4 Å². The van der Waals surface area contributed by atoms with Crippen molar-refractivity contribution >= 4 is 35.1 Å². The highest BCUT2D eigenvalue weighted by molar-refractivity contribution is 8.06. The minimum Gasteiger partial charge on any atom is -0.313 e. The average Bonchev–Trinajstić information content (AvgIpc) is 2.75. The van der Waals surface area contributed by atoms with E-state index in [1.54, 1.807) is 0 Å². The van der Waals surface area contributed by atoms with Gasteiger partial charge in [-0.3, -0.25) is 4.68 Å². The highest BCUT2D eigenvalue weighted by atomic mass is 35.5.